The van der Waals surface area contributed by atoms with E-state index in [-0.39, 0.29) is 42.8 Å². The average Bonchev–Trinajstić information content (AvgIpc) is 2.75. The predicted octanol–water partition coefficient (Wildman–Crippen LogP) is 4.11. The number of hydrogen-bond donors (Lipinski definition) is 1. The van der Waals surface area contributed by atoms with E-state index in [9.17, 15) is 27.7 Å². The fraction of sp³-hybridized carbons (Fsp3) is 0.524. The second-order valence-corrected chi connectivity index (χ2v) is 8.64. The minimum atomic E-state index is -4.95. The zero-order valence-electron chi connectivity index (χ0n) is 19.4. The highest BCUT2D eigenvalue weighted by atomic mass is 35.5. The predicted molar refractivity (Wildman–Crippen MR) is 114 cm³/mol. The SMILES string of the molecule is CC(C)(C)c1cc2c(cc1Cl)C=C(C(=O)OCOC(=O)OCCOCCO[N+](=O)O)[C@@H](C(F)(F)F)O2. The Labute approximate surface area is 208 Å². The molecule has 1 aliphatic rings. The summed E-state index contributed by atoms with van der Waals surface area (Å²) in [7, 11) is 0. The summed E-state index contributed by atoms with van der Waals surface area (Å²) in [6.07, 6.45) is -7.88. The highest BCUT2D eigenvalue weighted by Crippen LogP contribution is 2.42. The third-order valence-electron chi connectivity index (χ3n) is 4.52. The topological polar surface area (TPSA) is 130 Å². The molecule has 0 spiro atoms. The molecule has 0 bridgehead atoms. The van der Waals surface area contributed by atoms with Gasteiger partial charge in [0.2, 0.25) is 12.9 Å². The molecule has 2 rings (SSSR count). The van der Waals surface area contributed by atoms with Gasteiger partial charge in [0.1, 0.15) is 17.3 Å². The first kappa shape index (κ1) is 29.0. The van der Waals surface area contributed by atoms with E-state index in [0.717, 1.165) is 6.08 Å². The normalized spacial score (nSPS) is 15.2. The zero-order valence-corrected chi connectivity index (χ0v) is 20.2. The molecule has 0 amide bonds. The van der Waals surface area contributed by atoms with Crippen molar-refractivity contribution in [2.45, 2.75) is 38.5 Å². The quantitative estimate of drug-likeness (QED) is 0.199. The number of alkyl halides is 3. The number of halogens is 4. The van der Waals surface area contributed by atoms with Gasteiger partial charge in [-0.25, -0.2) is 14.8 Å². The number of esters is 1. The van der Waals surface area contributed by atoms with E-state index in [1.807, 2.05) is 20.8 Å². The van der Waals surface area contributed by atoms with E-state index in [0.29, 0.717) is 5.56 Å². The fourth-order valence-electron chi connectivity index (χ4n) is 2.92. The number of fused-ring (bicyclic) bond motifs is 1. The summed E-state index contributed by atoms with van der Waals surface area (Å²) >= 11 is 6.27. The summed E-state index contributed by atoms with van der Waals surface area (Å²) in [6.45, 7) is 3.69. The van der Waals surface area contributed by atoms with Crippen LogP contribution in [0.15, 0.2) is 17.7 Å². The molecule has 15 heteroatoms. The van der Waals surface area contributed by atoms with E-state index in [1.165, 1.54) is 12.1 Å². The molecule has 0 radical (unpaired) electrons. The van der Waals surface area contributed by atoms with Crippen LogP contribution >= 0.6 is 11.6 Å². The third kappa shape index (κ3) is 8.45. The number of hydrogen-bond acceptors (Lipinski definition) is 9. The van der Waals surface area contributed by atoms with Crippen LogP contribution in [0.2, 0.25) is 5.02 Å². The molecule has 0 aliphatic carbocycles. The van der Waals surface area contributed by atoms with Crippen LogP contribution in [-0.2, 0) is 34.0 Å². The molecule has 200 valence electrons. The van der Waals surface area contributed by atoms with Crippen molar-refractivity contribution in [1.29, 1.82) is 0 Å². The molecule has 36 heavy (non-hydrogen) atoms. The monoisotopic (exact) mass is 542 g/mol. The van der Waals surface area contributed by atoms with Crippen LogP contribution in [-0.4, -0.2) is 67.9 Å². The van der Waals surface area contributed by atoms with Crippen molar-refractivity contribution in [3.8, 4) is 5.75 Å². The van der Waals surface area contributed by atoms with E-state index in [1.54, 1.807) is 0 Å². The Kier molecular flexibility index (Phi) is 9.76. The van der Waals surface area contributed by atoms with Crippen LogP contribution in [0.25, 0.3) is 6.08 Å². The van der Waals surface area contributed by atoms with Crippen molar-refractivity contribution < 1.29 is 61.6 Å². The van der Waals surface area contributed by atoms with Crippen molar-refractivity contribution in [1.82, 2.24) is 0 Å². The summed E-state index contributed by atoms with van der Waals surface area (Å²) in [5.41, 5.74) is -0.624. The van der Waals surface area contributed by atoms with E-state index in [2.05, 4.69) is 19.0 Å². The van der Waals surface area contributed by atoms with Crippen LogP contribution in [0.1, 0.15) is 31.9 Å². The lowest BCUT2D eigenvalue weighted by Gasteiger charge is -2.30. The Hall–Kier alpha value is -3.26. The molecule has 1 N–H and O–H groups in total. The number of carbonyl (C=O) groups is 2. The molecule has 0 unspecified atom stereocenters. The number of carbonyl (C=O) groups excluding carboxylic acids is 2. The van der Waals surface area contributed by atoms with Crippen LogP contribution in [0.5, 0.6) is 5.75 Å². The Morgan fingerprint density at radius 3 is 2.36 bits per heavy atom. The van der Waals surface area contributed by atoms with Gasteiger partial charge in [0, 0.05) is 10.6 Å². The van der Waals surface area contributed by atoms with E-state index < -0.39 is 47.3 Å². The molecular weight excluding hydrogens is 519 g/mol. The lowest BCUT2D eigenvalue weighted by molar-refractivity contribution is -0.975. The average molecular weight is 543 g/mol. The molecule has 0 saturated carbocycles. The summed E-state index contributed by atoms with van der Waals surface area (Å²) in [6, 6.07) is 2.79. The summed E-state index contributed by atoms with van der Waals surface area (Å²) in [5.74, 6) is -1.52. The van der Waals surface area contributed by atoms with Gasteiger partial charge in [-0.3, -0.25) is 0 Å². The lowest BCUT2D eigenvalue weighted by atomic mass is 9.85. The molecule has 0 saturated heterocycles. The van der Waals surface area contributed by atoms with Gasteiger partial charge in [-0.15, -0.1) is 0 Å². The third-order valence-corrected chi connectivity index (χ3v) is 4.84. The van der Waals surface area contributed by atoms with Gasteiger partial charge in [-0.1, -0.05) is 32.4 Å². The molecular formula is C21H24ClF3NO10+. The van der Waals surface area contributed by atoms with Gasteiger partial charge < -0.3 is 23.7 Å². The fourth-order valence-corrected chi connectivity index (χ4v) is 3.37. The van der Waals surface area contributed by atoms with Crippen molar-refractivity contribution in [3.63, 3.8) is 0 Å². The molecule has 1 aromatic carbocycles. The molecule has 1 heterocycles. The summed E-state index contributed by atoms with van der Waals surface area (Å²) in [4.78, 5) is 38.0. The van der Waals surface area contributed by atoms with Gasteiger partial charge in [0.25, 0.3) is 0 Å². The van der Waals surface area contributed by atoms with Crippen LogP contribution in [0, 0.1) is 4.91 Å². The van der Waals surface area contributed by atoms with Gasteiger partial charge in [-0.2, -0.15) is 18.0 Å². The minimum absolute atomic E-state index is 0.0985. The van der Waals surface area contributed by atoms with Gasteiger partial charge in [0.15, 0.2) is 6.61 Å². The maximum absolute atomic E-state index is 13.6. The number of nitrogens with zero attached hydrogens (tertiary/aromatic N) is 1. The molecule has 1 atom stereocenters. The smallest absolute Gasteiger partial charge is 0.475 e. The lowest BCUT2D eigenvalue weighted by Crippen LogP contribution is -2.41. The van der Waals surface area contributed by atoms with Gasteiger partial charge in [0.05, 0.1) is 18.8 Å². The Morgan fingerprint density at radius 1 is 1.08 bits per heavy atom. The summed E-state index contributed by atoms with van der Waals surface area (Å²) in [5, 5.41) is 7.72. The maximum Gasteiger partial charge on any atom is 0.511 e. The van der Waals surface area contributed by atoms with Crippen molar-refractivity contribution in [3.05, 3.63) is 38.8 Å². The molecule has 1 aliphatic heterocycles. The molecule has 1 aromatic rings. The standard InChI is InChI=1S/C21H24ClF3NO10/c1-20(2,3)14-10-16-12(9-15(14)22)8-13(17(36-16)21(23,24)25)18(27)33-11-34-19(28)32-6-4-31-5-7-35-26(29)30/h8-10,17H,4-7,11H2,1-3H3,(H,29,30)/q+1/t17-/m0/s1. The first-order chi connectivity index (χ1) is 16.7. The second kappa shape index (κ2) is 12.1. The largest absolute Gasteiger partial charge is 0.511 e. The van der Waals surface area contributed by atoms with Crippen LogP contribution in [0.3, 0.4) is 0 Å². The van der Waals surface area contributed by atoms with Crippen molar-refractivity contribution in [2.75, 3.05) is 33.2 Å². The number of benzene rings is 1. The first-order valence-electron chi connectivity index (χ1n) is 10.3. The number of rotatable bonds is 10. The Balaban J connectivity index is 1.95. The maximum atomic E-state index is 13.6. The van der Waals surface area contributed by atoms with Gasteiger partial charge in [-0.05, 0) is 29.2 Å². The molecule has 11 nitrogen and oxygen atoms in total. The highest BCUT2D eigenvalue weighted by molar-refractivity contribution is 6.31. The zero-order chi connectivity index (χ0) is 27.1. The first-order valence-corrected chi connectivity index (χ1v) is 10.7. The summed E-state index contributed by atoms with van der Waals surface area (Å²) < 4.78 is 64.7. The number of ether oxygens (including phenoxy) is 5. The second-order valence-electron chi connectivity index (χ2n) is 8.23. The van der Waals surface area contributed by atoms with E-state index >= 15 is 0 Å². The van der Waals surface area contributed by atoms with E-state index in [4.69, 9.17) is 26.3 Å². The Bertz CT molecular complexity index is 1010. The van der Waals surface area contributed by atoms with Gasteiger partial charge >= 0.3 is 23.4 Å². The minimum Gasteiger partial charge on any atom is -0.475 e. The highest BCUT2D eigenvalue weighted by Gasteiger charge is 2.49. The van der Waals surface area contributed by atoms with Crippen molar-refractivity contribution in [2.24, 2.45) is 0 Å². The van der Waals surface area contributed by atoms with Crippen LogP contribution in [0.4, 0.5) is 18.0 Å². The van der Waals surface area contributed by atoms with Crippen LogP contribution < -0.4 is 4.74 Å². The van der Waals surface area contributed by atoms with Crippen molar-refractivity contribution >= 4 is 29.8 Å². The molecule has 0 aromatic heterocycles. The Morgan fingerprint density at radius 2 is 1.75 bits per heavy atom. The molecule has 0 fully saturated rings.